The topological polar surface area (TPSA) is 43.6 Å². The Labute approximate surface area is 117 Å². The zero-order valence-electron chi connectivity index (χ0n) is 9.66. The quantitative estimate of drug-likeness (QED) is 0.728. The lowest BCUT2D eigenvalue weighted by Crippen LogP contribution is -2.00. The van der Waals surface area contributed by atoms with Gasteiger partial charge in [0.15, 0.2) is 5.82 Å². The molecule has 0 amide bonds. The maximum atomic E-state index is 12.9. The van der Waals surface area contributed by atoms with E-state index in [1.807, 2.05) is 24.3 Å². The molecule has 0 fully saturated rings. The van der Waals surface area contributed by atoms with Gasteiger partial charge in [-0.3, -0.25) is 0 Å². The Bertz CT molecular complexity index is 709. The number of tetrazole rings is 1. The molecule has 0 aliphatic heterocycles. The van der Waals surface area contributed by atoms with Crippen molar-refractivity contribution in [2.24, 2.45) is 0 Å². The van der Waals surface area contributed by atoms with Crippen LogP contribution in [-0.4, -0.2) is 20.2 Å². The molecule has 3 aromatic rings. The van der Waals surface area contributed by atoms with Gasteiger partial charge >= 0.3 is 0 Å². The van der Waals surface area contributed by atoms with E-state index >= 15 is 0 Å². The van der Waals surface area contributed by atoms with E-state index in [0.717, 1.165) is 10.0 Å². The van der Waals surface area contributed by atoms with E-state index < -0.39 is 0 Å². The first kappa shape index (κ1) is 12.0. The molecule has 4 nitrogen and oxygen atoms in total. The summed E-state index contributed by atoms with van der Waals surface area (Å²) in [6.07, 6.45) is 0. The van der Waals surface area contributed by atoms with Gasteiger partial charge in [0, 0.05) is 10.0 Å². The van der Waals surface area contributed by atoms with Crippen LogP contribution in [0.2, 0.25) is 0 Å². The molecular formula is C13H8BrFN4. The highest BCUT2D eigenvalue weighted by atomic mass is 79.9. The summed E-state index contributed by atoms with van der Waals surface area (Å²) in [7, 11) is 0. The number of rotatable bonds is 2. The summed E-state index contributed by atoms with van der Waals surface area (Å²) in [6.45, 7) is 0. The number of nitrogens with zero attached hydrogens (tertiary/aromatic N) is 4. The average Bonchev–Trinajstić information content (AvgIpc) is 2.89. The summed E-state index contributed by atoms with van der Waals surface area (Å²) >= 11 is 3.47. The molecule has 0 spiro atoms. The molecule has 0 aliphatic carbocycles. The van der Waals surface area contributed by atoms with Crippen molar-refractivity contribution in [3.63, 3.8) is 0 Å². The van der Waals surface area contributed by atoms with Crippen LogP contribution in [0.4, 0.5) is 4.39 Å². The minimum absolute atomic E-state index is 0.292. The Kier molecular flexibility index (Phi) is 3.08. The Morgan fingerprint density at radius 3 is 2.47 bits per heavy atom. The monoisotopic (exact) mass is 318 g/mol. The maximum absolute atomic E-state index is 12.9. The predicted molar refractivity (Wildman–Crippen MR) is 72.2 cm³/mol. The third-order valence-corrected chi connectivity index (χ3v) is 3.35. The van der Waals surface area contributed by atoms with Crippen molar-refractivity contribution in [2.45, 2.75) is 0 Å². The van der Waals surface area contributed by atoms with E-state index in [1.54, 1.807) is 16.8 Å². The van der Waals surface area contributed by atoms with E-state index in [1.165, 1.54) is 12.1 Å². The Hall–Kier alpha value is -2.08. The molecule has 19 heavy (non-hydrogen) atoms. The highest BCUT2D eigenvalue weighted by Crippen LogP contribution is 2.27. The fourth-order valence-corrected chi connectivity index (χ4v) is 2.22. The Morgan fingerprint density at radius 2 is 1.74 bits per heavy atom. The minimum Gasteiger partial charge on any atom is -0.207 e. The Morgan fingerprint density at radius 1 is 1.00 bits per heavy atom. The lowest BCUT2D eigenvalue weighted by molar-refractivity contribution is 0.627. The van der Waals surface area contributed by atoms with Gasteiger partial charge in [-0.2, -0.15) is 4.68 Å². The number of hydrogen-bond donors (Lipinski definition) is 0. The van der Waals surface area contributed by atoms with Gasteiger partial charge in [-0.15, -0.1) is 5.10 Å². The largest absolute Gasteiger partial charge is 0.207 e. The highest BCUT2D eigenvalue weighted by Gasteiger charge is 2.12. The lowest BCUT2D eigenvalue weighted by Gasteiger charge is -2.05. The van der Waals surface area contributed by atoms with Crippen LogP contribution in [-0.2, 0) is 0 Å². The first-order chi connectivity index (χ1) is 9.25. The third kappa shape index (κ3) is 2.26. The van der Waals surface area contributed by atoms with Crippen molar-refractivity contribution in [2.75, 3.05) is 0 Å². The molecule has 0 unspecified atom stereocenters. The van der Waals surface area contributed by atoms with Gasteiger partial charge in [0.25, 0.3) is 0 Å². The molecule has 0 bridgehead atoms. The summed E-state index contributed by atoms with van der Waals surface area (Å²) in [4.78, 5) is 0. The van der Waals surface area contributed by atoms with Gasteiger partial charge in [0.1, 0.15) is 5.82 Å². The normalized spacial score (nSPS) is 10.6. The van der Waals surface area contributed by atoms with Crippen molar-refractivity contribution in [3.05, 3.63) is 58.8 Å². The molecule has 0 radical (unpaired) electrons. The number of halogens is 2. The summed E-state index contributed by atoms with van der Waals surface area (Å²) in [5.74, 6) is 0.304. The molecule has 1 aromatic heterocycles. The van der Waals surface area contributed by atoms with E-state index in [0.29, 0.717) is 11.5 Å². The lowest BCUT2D eigenvalue weighted by atomic mass is 10.2. The second kappa shape index (κ2) is 4.89. The number of hydrogen-bond acceptors (Lipinski definition) is 3. The van der Waals surface area contributed by atoms with Crippen LogP contribution in [0.5, 0.6) is 0 Å². The molecule has 0 atom stereocenters. The van der Waals surface area contributed by atoms with E-state index in [9.17, 15) is 4.39 Å². The van der Waals surface area contributed by atoms with Crippen LogP contribution in [0.1, 0.15) is 0 Å². The van der Waals surface area contributed by atoms with E-state index in [2.05, 4.69) is 31.5 Å². The first-order valence-electron chi connectivity index (χ1n) is 5.55. The molecule has 0 aliphatic rings. The van der Waals surface area contributed by atoms with Gasteiger partial charge < -0.3 is 0 Å². The molecule has 2 aromatic carbocycles. The molecule has 6 heteroatoms. The van der Waals surface area contributed by atoms with Crippen molar-refractivity contribution >= 4 is 15.9 Å². The summed E-state index contributed by atoms with van der Waals surface area (Å²) in [5, 5.41) is 11.7. The zero-order chi connectivity index (χ0) is 13.2. The van der Waals surface area contributed by atoms with Crippen LogP contribution >= 0.6 is 15.9 Å². The fourth-order valence-electron chi connectivity index (χ4n) is 1.75. The van der Waals surface area contributed by atoms with E-state index in [-0.39, 0.29) is 5.82 Å². The molecule has 1 heterocycles. The second-order valence-corrected chi connectivity index (χ2v) is 4.72. The summed E-state index contributed by atoms with van der Waals surface area (Å²) < 4.78 is 15.4. The summed E-state index contributed by atoms with van der Waals surface area (Å²) in [5.41, 5.74) is 1.58. The van der Waals surface area contributed by atoms with Crippen molar-refractivity contribution in [1.29, 1.82) is 0 Å². The maximum Gasteiger partial charge on any atom is 0.188 e. The van der Waals surface area contributed by atoms with Gasteiger partial charge in [-0.25, -0.2) is 4.39 Å². The van der Waals surface area contributed by atoms with Gasteiger partial charge in [0.05, 0.1) is 5.69 Å². The first-order valence-corrected chi connectivity index (χ1v) is 6.34. The molecule has 3 rings (SSSR count). The van der Waals surface area contributed by atoms with Crippen LogP contribution in [0.3, 0.4) is 0 Å². The third-order valence-electron chi connectivity index (χ3n) is 2.66. The Balaban J connectivity index is 2.13. The van der Waals surface area contributed by atoms with Crippen LogP contribution < -0.4 is 0 Å². The van der Waals surface area contributed by atoms with E-state index in [4.69, 9.17) is 0 Å². The van der Waals surface area contributed by atoms with Crippen molar-refractivity contribution in [1.82, 2.24) is 20.2 Å². The standard InChI is InChI=1S/C13H8BrFN4/c14-12-4-2-1-3-11(12)13-16-17-18-19(13)10-7-5-9(15)6-8-10/h1-8H. The minimum atomic E-state index is -0.292. The molecule has 0 saturated carbocycles. The molecule has 0 N–H and O–H groups in total. The van der Waals surface area contributed by atoms with Crippen LogP contribution in [0.15, 0.2) is 53.0 Å². The summed E-state index contributed by atoms with van der Waals surface area (Å²) in [6, 6.07) is 13.7. The zero-order valence-corrected chi connectivity index (χ0v) is 11.2. The number of aromatic nitrogens is 4. The van der Waals surface area contributed by atoms with Crippen molar-refractivity contribution < 1.29 is 4.39 Å². The van der Waals surface area contributed by atoms with Crippen LogP contribution in [0, 0.1) is 5.82 Å². The second-order valence-electron chi connectivity index (χ2n) is 3.87. The van der Waals surface area contributed by atoms with Gasteiger partial charge in [-0.1, -0.05) is 28.1 Å². The average molecular weight is 319 g/mol. The van der Waals surface area contributed by atoms with Gasteiger partial charge in [-0.05, 0) is 46.8 Å². The smallest absolute Gasteiger partial charge is 0.188 e. The van der Waals surface area contributed by atoms with Crippen molar-refractivity contribution in [3.8, 4) is 17.1 Å². The molecule has 0 saturated heterocycles. The SMILES string of the molecule is Fc1ccc(-n2nnnc2-c2ccccc2Br)cc1. The predicted octanol–water partition coefficient (Wildman–Crippen LogP) is 3.23. The number of benzene rings is 2. The molecule has 94 valence electrons. The molecular weight excluding hydrogens is 311 g/mol. The fraction of sp³-hybridized carbons (Fsp3) is 0. The van der Waals surface area contributed by atoms with Crippen LogP contribution in [0.25, 0.3) is 17.1 Å². The highest BCUT2D eigenvalue weighted by molar-refractivity contribution is 9.10. The van der Waals surface area contributed by atoms with Gasteiger partial charge in [0.2, 0.25) is 0 Å².